The van der Waals surface area contributed by atoms with Crippen LogP contribution in [-0.2, 0) is 4.74 Å². The summed E-state index contributed by atoms with van der Waals surface area (Å²) in [5.74, 6) is -0.302. The number of imidazole rings is 1. The molecule has 2 rings (SSSR count). The first-order valence-electron chi connectivity index (χ1n) is 4.52. The molecule has 0 bridgehead atoms. The van der Waals surface area contributed by atoms with Crippen LogP contribution in [0.1, 0.15) is 17.3 Å². The number of aromatic nitrogens is 2. The van der Waals surface area contributed by atoms with Crippen molar-refractivity contribution in [2.75, 3.05) is 6.61 Å². The predicted molar refractivity (Wildman–Crippen MR) is 63.9 cm³/mol. The van der Waals surface area contributed by atoms with E-state index in [9.17, 15) is 4.79 Å². The smallest absolute Gasteiger partial charge is 0.339 e. The van der Waals surface area contributed by atoms with E-state index in [-0.39, 0.29) is 5.97 Å². The Morgan fingerprint density at radius 1 is 1.60 bits per heavy atom. The molecule has 0 atom stereocenters. The maximum atomic E-state index is 11.5. The van der Waals surface area contributed by atoms with Crippen LogP contribution in [0.3, 0.4) is 0 Å². The van der Waals surface area contributed by atoms with Crippen molar-refractivity contribution in [3.05, 3.63) is 33.8 Å². The zero-order chi connectivity index (χ0) is 10.8. The molecule has 0 aliphatic heterocycles. The largest absolute Gasteiger partial charge is 0.462 e. The zero-order valence-electron chi connectivity index (χ0n) is 8.11. The van der Waals surface area contributed by atoms with Crippen molar-refractivity contribution in [2.45, 2.75) is 6.92 Å². The molecule has 15 heavy (non-hydrogen) atoms. The summed E-state index contributed by atoms with van der Waals surface area (Å²) in [6.07, 6.45) is 3.49. The summed E-state index contributed by atoms with van der Waals surface area (Å²) in [6.45, 7) is 2.18. The number of nitrogens with zero attached hydrogens (tertiary/aromatic N) is 2. The summed E-state index contributed by atoms with van der Waals surface area (Å²) in [7, 11) is 0. The molecule has 0 unspecified atom stereocenters. The van der Waals surface area contributed by atoms with Crippen LogP contribution in [0.2, 0.25) is 0 Å². The highest BCUT2D eigenvalue weighted by Crippen LogP contribution is 2.11. The molecule has 0 aliphatic rings. The molecule has 5 heteroatoms. The van der Waals surface area contributed by atoms with Gasteiger partial charge in [0.1, 0.15) is 9.35 Å². The Hall–Kier alpha value is -1.11. The van der Waals surface area contributed by atoms with E-state index in [1.807, 2.05) is 4.40 Å². The van der Waals surface area contributed by atoms with Gasteiger partial charge in [0, 0.05) is 6.20 Å². The molecule has 0 saturated carbocycles. The van der Waals surface area contributed by atoms with Crippen molar-refractivity contribution >= 4 is 34.2 Å². The number of pyridine rings is 1. The lowest BCUT2D eigenvalue weighted by atomic mass is 10.3. The molecule has 0 N–H and O–H groups in total. The maximum absolute atomic E-state index is 11.5. The zero-order valence-corrected chi connectivity index (χ0v) is 10.3. The van der Waals surface area contributed by atoms with Crippen LogP contribution in [0.5, 0.6) is 0 Å². The third-order valence-electron chi connectivity index (χ3n) is 1.97. The molecule has 0 aliphatic carbocycles. The monoisotopic (exact) mass is 316 g/mol. The number of rotatable bonds is 2. The van der Waals surface area contributed by atoms with E-state index >= 15 is 0 Å². The molecule has 0 saturated heterocycles. The molecule has 2 aromatic heterocycles. The van der Waals surface area contributed by atoms with Gasteiger partial charge in [-0.1, -0.05) is 0 Å². The number of carbonyl (C=O) groups is 1. The highest BCUT2D eigenvalue weighted by molar-refractivity contribution is 14.1. The van der Waals surface area contributed by atoms with Gasteiger partial charge in [-0.05, 0) is 41.6 Å². The topological polar surface area (TPSA) is 43.6 Å². The van der Waals surface area contributed by atoms with Gasteiger partial charge in [-0.25, -0.2) is 9.78 Å². The molecule has 78 valence electrons. The lowest BCUT2D eigenvalue weighted by Crippen LogP contribution is -2.05. The Labute approximate surface area is 100 Å². The van der Waals surface area contributed by atoms with Crippen LogP contribution in [-0.4, -0.2) is 22.0 Å². The second-order valence-corrected chi connectivity index (χ2v) is 4.05. The van der Waals surface area contributed by atoms with Crippen molar-refractivity contribution in [1.82, 2.24) is 9.38 Å². The first kappa shape index (κ1) is 10.4. The summed E-state index contributed by atoms with van der Waals surface area (Å²) < 4.78 is 7.74. The van der Waals surface area contributed by atoms with E-state index in [1.54, 1.807) is 31.5 Å². The van der Waals surface area contributed by atoms with Crippen LogP contribution in [0.4, 0.5) is 0 Å². The molecule has 0 amide bonds. The molecular formula is C10H9IN2O2. The third-order valence-corrected chi connectivity index (χ3v) is 2.77. The van der Waals surface area contributed by atoms with Gasteiger partial charge in [-0.2, -0.15) is 0 Å². The Kier molecular flexibility index (Phi) is 2.90. The number of hydrogen-bond donors (Lipinski definition) is 0. The van der Waals surface area contributed by atoms with E-state index in [0.29, 0.717) is 12.2 Å². The number of hydrogen-bond acceptors (Lipinski definition) is 3. The van der Waals surface area contributed by atoms with E-state index < -0.39 is 0 Å². The average Bonchev–Trinajstić information content (AvgIpc) is 2.60. The molecule has 4 nitrogen and oxygen atoms in total. The average molecular weight is 316 g/mol. The van der Waals surface area contributed by atoms with Crippen molar-refractivity contribution in [2.24, 2.45) is 0 Å². The van der Waals surface area contributed by atoms with E-state index in [1.165, 1.54) is 0 Å². The summed E-state index contributed by atoms with van der Waals surface area (Å²) in [5.41, 5.74) is 1.37. The Bertz CT molecular complexity index is 507. The van der Waals surface area contributed by atoms with Gasteiger partial charge in [-0.3, -0.25) is 4.40 Å². The predicted octanol–water partition coefficient (Wildman–Crippen LogP) is 2.12. The maximum Gasteiger partial charge on any atom is 0.339 e. The first-order chi connectivity index (χ1) is 7.22. The van der Waals surface area contributed by atoms with Gasteiger partial charge in [-0.15, -0.1) is 0 Å². The highest BCUT2D eigenvalue weighted by Gasteiger charge is 2.08. The number of fused-ring (bicyclic) bond motifs is 1. The van der Waals surface area contributed by atoms with Crippen LogP contribution in [0.15, 0.2) is 24.5 Å². The minimum Gasteiger partial charge on any atom is -0.462 e. The van der Waals surface area contributed by atoms with Gasteiger partial charge in [0.2, 0.25) is 0 Å². The number of carbonyl (C=O) groups excluding carboxylic acids is 1. The Morgan fingerprint density at radius 3 is 3.13 bits per heavy atom. The van der Waals surface area contributed by atoms with Crippen molar-refractivity contribution < 1.29 is 9.53 Å². The van der Waals surface area contributed by atoms with Crippen molar-refractivity contribution in [3.63, 3.8) is 0 Å². The van der Waals surface area contributed by atoms with Gasteiger partial charge in [0.25, 0.3) is 0 Å². The standard InChI is InChI=1S/C10H9IN2O2/c1-2-15-10(14)7-3-4-9-12-5-8(11)13(9)6-7/h3-6H,2H2,1H3. The summed E-state index contributed by atoms with van der Waals surface area (Å²) >= 11 is 2.16. The van der Waals surface area contributed by atoms with Gasteiger partial charge in [0.15, 0.2) is 0 Å². The minimum atomic E-state index is -0.302. The van der Waals surface area contributed by atoms with Crippen LogP contribution < -0.4 is 0 Å². The number of esters is 1. The van der Waals surface area contributed by atoms with Crippen molar-refractivity contribution in [3.8, 4) is 0 Å². The normalized spacial score (nSPS) is 10.5. The fourth-order valence-corrected chi connectivity index (χ4v) is 1.81. The summed E-state index contributed by atoms with van der Waals surface area (Å²) in [5, 5.41) is 0. The van der Waals surface area contributed by atoms with Gasteiger partial charge in [0.05, 0.1) is 18.4 Å². The third kappa shape index (κ3) is 1.97. The molecule has 2 aromatic rings. The van der Waals surface area contributed by atoms with Crippen LogP contribution in [0.25, 0.3) is 5.65 Å². The van der Waals surface area contributed by atoms with Gasteiger partial charge >= 0.3 is 5.97 Å². The molecule has 0 radical (unpaired) electrons. The Morgan fingerprint density at radius 2 is 2.40 bits per heavy atom. The number of halogens is 1. The lowest BCUT2D eigenvalue weighted by molar-refractivity contribution is 0.0526. The first-order valence-corrected chi connectivity index (χ1v) is 5.60. The lowest BCUT2D eigenvalue weighted by Gasteiger charge is -2.02. The SMILES string of the molecule is CCOC(=O)c1ccc2ncc(I)n2c1. The van der Waals surface area contributed by atoms with E-state index in [2.05, 4.69) is 27.6 Å². The van der Waals surface area contributed by atoms with Crippen LogP contribution in [0, 0.1) is 3.70 Å². The molecule has 0 fully saturated rings. The minimum absolute atomic E-state index is 0.302. The molecule has 0 aromatic carbocycles. The van der Waals surface area contributed by atoms with Crippen molar-refractivity contribution in [1.29, 1.82) is 0 Å². The van der Waals surface area contributed by atoms with E-state index in [0.717, 1.165) is 9.35 Å². The fourth-order valence-electron chi connectivity index (χ4n) is 1.29. The van der Waals surface area contributed by atoms with E-state index in [4.69, 9.17) is 4.74 Å². The summed E-state index contributed by atoms with van der Waals surface area (Å²) in [4.78, 5) is 15.6. The highest BCUT2D eigenvalue weighted by atomic mass is 127. The Balaban J connectivity index is 2.45. The molecule has 0 spiro atoms. The summed E-state index contributed by atoms with van der Waals surface area (Å²) in [6, 6.07) is 3.52. The fraction of sp³-hybridized carbons (Fsp3) is 0.200. The second-order valence-electron chi connectivity index (χ2n) is 2.95. The second kappa shape index (κ2) is 4.18. The molecular weight excluding hydrogens is 307 g/mol. The van der Waals surface area contributed by atoms with Gasteiger partial charge < -0.3 is 4.74 Å². The number of ether oxygens (including phenoxy) is 1. The van der Waals surface area contributed by atoms with Crippen LogP contribution >= 0.6 is 22.6 Å². The quantitative estimate of drug-likeness (QED) is 0.630. The molecule has 2 heterocycles.